The molecule has 0 bridgehead atoms. The maximum Gasteiger partial charge on any atom is 0.407 e. The Hall–Kier alpha value is -3.44. The van der Waals surface area contributed by atoms with Gasteiger partial charge < -0.3 is 15.2 Å². The van der Waals surface area contributed by atoms with Crippen LogP contribution >= 0.6 is 0 Å². The molecule has 3 aromatic carbocycles. The number of alkyl carbamates (subject to hydrolysis) is 1. The number of aliphatic hydroxyl groups is 1. The average molecular weight is 458 g/mol. The largest absolute Gasteiger partial charge is 0.449 e. The van der Waals surface area contributed by atoms with E-state index in [2.05, 4.69) is 29.6 Å². The van der Waals surface area contributed by atoms with Gasteiger partial charge >= 0.3 is 6.09 Å². The molecule has 4 rings (SSSR count). The van der Waals surface area contributed by atoms with Crippen LogP contribution in [0.2, 0.25) is 0 Å². The molecule has 1 amide bonds. The first kappa shape index (κ1) is 23.7. The van der Waals surface area contributed by atoms with Gasteiger partial charge in [0.25, 0.3) is 0 Å². The van der Waals surface area contributed by atoms with Gasteiger partial charge in [-0.1, -0.05) is 86.6 Å². The van der Waals surface area contributed by atoms with Crippen LogP contribution in [0.3, 0.4) is 0 Å². The second kappa shape index (κ2) is 10.7. The van der Waals surface area contributed by atoms with E-state index in [-0.39, 0.29) is 37.3 Å². The third kappa shape index (κ3) is 5.37. The summed E-state index contributed by atoms with van der Waals surface area (Å²) in [5.74, 6) is 0.154. The van der Waals surface area contributed by atoms with Crippen LogP contribution in [0.25, 0.3) is 11.1 Å². The Labute approximate surface area is 200 Å². The summed E-state index contributed by atoms with van der Waals surface area (Å²) < 4.78 is 5.65. The van der Waals surface area contributed by atoms with Crippen molar-refractivity contribution >= 4 is 11.9 Å². The van der Waals surface area contributed by atoms with Crippen LogP contribution in [0.5, 0.6) is 0 Å². The number of nitrogens with one attached hydrogen (secondary N) is 1. The number of hydrogen-bond donors (Lipinski definition) is 2. The molecule has 5 heteroatoms. The average Bonchev–Trinajstić information content (AvgIpc) is 3.16. The maximum atomic E-state index is 13.0. The monoisotopic (exact) mass is 457 g/mol. The van der Waals surface area contributed by atoms with E-state index >= 15 is 0 Å². The molecule has 5 nitrogen and oxygen atoms in total. The number of rotatable bonds is 9. The minimum Gasteiger partial charge on any atom is -0.449 e. The highest BCUT2D eigenvalue weighted by atomic mass is 16.5. The molecular formula is C29H31NO4. The molecule has 0 aliphatic heterocycles. The Balaban J connectivity index is 1.41. The number of hydrogen-bond acceptors (Lipinski definition) is 4. The number of carbonyl (C=O) groups is 2. The second-order valence-corrected chi connectivity index (χ2v) is 9.27. The lowest BCUT2D eigenvalue weighted by atomic mass is 9.96. The molecule has 0 spiro atoms. The number of benzene rings is 3. The van der Waals surface area contributed by atoms with Gasteiger partial charge in [-0.3, -0.25) is 4.79 Å². The fourth-order valence-corrected chi connectivity index (χ4v) is 4.61. The molecule has 3 aromatic rings. The van der Waals surface area contributed by atoms with Gasteiger partial charge in [-0.05, 0) is 45.7 Å². The van der Waals surface area contributed by atoms with Crippen LogP contribution in [0.15, 0.2) is 72.8 Å². The van der Waals surface area contributed by atoms with Gasteiger partial charge in [-0.25, -0.2) is 4.79 Å². The van der Waals surface area contributed by atoms with Gasteiger partial charge in [0.15, 0.2) is 5.78 Å². The molecule has 1 aliphatic carbocycles. The van der Waals surface area contributed by atoms with Crippen molar-refractivity contribution in [2.45, 2.75) is 45.3 Å². The Morgan fingerprint density at radius 1 is 0.882 bits per heavy atom. The highest BCUT2D eigenvalue weighted by Crippen LogP contribution is 2.44. The lowest BCUT2D eigenvalue weighted by Gasteiger charge is -2.21. The fourth-order valence-electron chi connectivity index (χ4n) is 4.61. The molecule has 176 valence electrons. The summed E-state index contributed by atoms with van der Waals surface area (Å²) in [7, 11) is 0. The van der Waals surface area contributed by atoms with Crippen molar-refractivity contribution in [1.29, 1.82) is 0 Å². The minimum absolute atomic E-state index is 0.0255. The normalized spacial score (nSPS) is 13.3. The fraction of sp³-hybridized carbons (Fsp3) is 0.310. The predicted octanol–water partition coefficient (Wildman–Crippen LogP) is 5.24. The van der Waals surface area contributed by atoms with E-state index in [0.717, 1.165) is 22.3 Å². The van der Waals surface area contributed by atoms with Gasteiger partial charge in [-0.2, -0.15) is 0 Å². The van der Waals surface area contributed by atoms with Crippen LogP contribution in [0.4, 0.5) is 4.79 Å². The van der Waals surface area contributed by atoms with E-state index in [4.69, 9.17) is 4.74 Å². The molecule has 0 saturated heterocycles. The van der Waals surface area contributed by atoms with Gasteiger partial charge in [0.2, 0.25) is 0 Å². The Bertz CT molecular complexity index is 1110. The van der Waals surface area contributed by atoms with E-state index in [1.165, 1.54) is 11.1 Å². The van der Waals surface area contributed by atoms with Crippen LogP contribution in [0, 0.1) is 5.92 Å². The number of ether oxygens (including phenoxy) is 1. The quantitative estimate of drug-likeness (QED) is 0.461. The lowest BCUT2D eigenvalue weighted by molar-refractivity contribution is -0.120. The number of fused-ring (bicyclic) bond motifs is 3. The van der Waals surface area contributed by atoms with Gasteiger partial charge in [0.05, 0.1) is 12.6 Å². The zero-order valence-corrected chi connectivity index (χ0v) is 19.7. The standard InChI is InChI=1S/C29H31NO4/c1-19(2)15-27(28(32)16-20-11-13-21(17-31)14-12-20)30-29(33)34-18-26-24-9-5-3-7-22(24)23-8-4-6-10-25(23)26/h3-14,19,26-27,31H,15-18H2,1-2H3,(H,30,33)/t27-/m0/s1. The molecule has 2 N–H and O–H groups in total. The van der Waals surface area contributed by atoms with Crippen molar-refractivity contribution in [3.63, 3.8) is 0 Å². The zero-order chi connectivity index (χ0) is 24.1. The summed E-state index contributed by atoms with van der Waals surface area (Å²) in [6, 6.07) is 23.1. The minimum atomic E-state index is -0.617. The molecule has 1 aliphatic rings. The van der Waals surface area contributed by atoms with Crippen LogP contribution < -0.4 is 5.32 Å². The molecule has 34 heavy (non-hydrogen) atoms. The van der Waals surface area contributed by atoms with Crippen molar-refractivity contribution in [3.8, 4) is 11.1 Å². The first-order valence-electron chi connectivity index (χ1n) is 11.8. The summed E-state index contributed by atoms with van der Waals surface area (Å²) in [5, 5.41) is 12.0. The summed E-state index contributed by atoms with van der Waals surface area (Å²) >= 11 is 0. The number of ketones is 1. The van der Waals surface area contributed by atoms with Crippen molar-refractivity contribution in [2.24, 2.45) is 5.92 Å². The van der Waals surface area contributed by atoms with E-state index in [1.54, 1.807) is 12.1 Å². The van der Waals surface area contributed by atoms with E-state index in [1.807, 2.05) is 50.2 Å². The number of Topliss-reactive ketones (excluding diaryl/α,β-unsaturated/α-hetero) is 1. The number of aliphatic hydroxyl groups excluding tert-OH is 1. The first-order chi connectivity index (χ1) is 16.5. The number of carbonyl (C=O) groups excluding carboxylic acids is 2. The van der Waals surface area contributed by atoms with Crippen LogP contribution in [-0.4, -0.2) is 29.6 Å². The Morgan fingerprint density at radius 3 is 2.00 bits per heavy atom. The molecule has 0 radical (unpaired) electrons. The van der Waals surface area contributed by atoms with Crippen molar-refractivity contribution < 1.29 is 19.4 Å². The molecule has 0 unspecified atom stereocenters. The Kier molecular flexibility index (Phi) is 7.43. The van der Waals surface area contributed by atoms with Crippen molar-refractivity contribution in [3.05, 3.63) is 95.1 Å². The summed E-state index contributed by atoms with van der Waals surface area (Å²) in [4.78, 5) is 25.7. The zero-order valence-electron chi connectivity index (χ0n) is 19.7. The highest BCUT2D eigenvalue weighted by molar-refractivity contribution is 5.89. The lowest BCUT2D eigenvalue weighted by Crippen LogP contribution is -2.43. The smallest absolute Gasteiger partial charge is 0.407 e. The molecule has 0 saturated carbocycles. The third-order valence-corrected chi connectivity index (χ3v) is 6.32. The summed E-state index contributed by atoms with van der Waals surface area (Å²) in [6.45, 7) is 4.23. The predicted molar refractivity (Wildman–Crippen MR) is 133 cm³/mol. The number of amides is 1. The maximum absolute atomic E-state index is 13.0. The highest BCUT2D eigenvalue weighted by Gasteiger charge is 2.30. The molecule has 0 heterocycles. The van der Waals surface area contributed by atoms with E-state index in [9.17, 15) is 14.7 Å². The van der Waals surface area contributed by atoms with E-state index in [0.29, 0.717) is 6.42 Å². The SMILES string of the molecule is CC(C)C[C@H](NC(=O)OCC1c2ccccc2-c2ccccc21)C(=O)Cc1ccc(CO)cc1. The molecule has 0 aromatic heterocycles. The molecule has 0 fully saturated rings. The topological polar surface area (TPSA) is 75.6 Å². The van der Waals surface area contributed by atoms with E-state index < -0.39 is 12.1 Å². The second-order valence-electron chi connectivity index (χ2n) is 9.27. The van der Waals surface area contributed by atoms with Crippen LogP contribution in [0.1, 0.15) is 48.4 Å². The van der Waals surface area contributed by atoms with Gasteiger partial charge in [0.1, 0.15) is 6.61 Å². The molecule has 1 atom stereocenters. The van der Waals surface area contributed by atoms with Crippen LogP contribution in [-0.2, 0) is 22.6 Å². The van der Waals surface area contributed by atoms with Gasteiger partial charge in [-0.15, -0.1) is 0 Å². The van der Waals surface area contributed by atoms with Crippen molar-refractivity contribution in [2.75, 3.05) is 6.61 Å². The third-order valence-electron chi connectivity index (χ3n) is 6.32. The summed E-state index contributed by atoms with van der Waals surface area (Å²) in [6.07, 6.45) is 0.182. The molecular weight excluding hydrogens is 426 g/mol. The van der Waals surface area contributed by atoms with Crippen molar-refractivity contribution in [1.82, 2.24) is 5.32 Å². The van der Waals surface area contributed by atoms with Gasteiger partial charge in [0, 0.05) is 12.3 Å². The summed E-state index contributed by atoms with van der Waals surface area (Å²) in [5.41, 5.74) is 6.30. The first-order valence-corrected chi connectivity index (χ1v) is 11.8. The Morgan fingerprint density at radius 2 is 1.44 bits per heavy atom.